The van der Waals surface area contributed by atoms with Crippen molar-refractivity contribution in [3.63, 3.8) is 0 Å². The van der Waals surface area contributed by atoms with Crippen LogP contribution in [0.1, 0.15) is 20.3 Å². The van der Waals surface area contributed by atoms with Crippen molar-refractivity contribution in [2.45, 2.75) is 32.4 Å². The molecule has 104 valence electrons. The molecule has 0 amide bonds. The van der Waals surface area contributed by atoms with Crippen molar-refractivity contribution >= 4 is 11.7 Å². The van der Waals surface area contributed by atoms with Crippen LogP contribution in [0, 0.1) is 5.92 Å². The summed E-state index contributed by atoms with van der Waals surface area (Å²) in [6.07, 6.45) is 0.980. The van der Waals surface area contributed by atoms with Gasteiger partial charge in [-0.15, -0.1) is 0 Å². The minimum Gasteiger partial charge on any atom is -0.480 e. The van der Waals surface area contributed by atoms with E-state index in [1.807, 2.05) is 18.2 Å². The molecule has 1 saturated heterocycles. The van der Waals surface area contributed by atoms with Gasteiger partial charge in [-0.1, -0.05) is 25.1 Å². The fourth-order valence-electron chi connectivity index (χ4n) is 2.65. The monoisotopic (exact) mass is 262 g/mol. The first-order valence-corrected chi connectivity index (χ1v) is 6.86. The summed E-state index contributed by atoms with van der Waals surface area (Å²) in [6.45, 7) is 5.61. The van der Waals surface area contributed by atoms with E-state index in [0.717, 1.165) is 25.2 Å². The van der Waals surface area contributed by atoms with Crippen LogP contribution < -0.4 is 5.32 Å². The van der Waals surface area contributed by atoms with Crippen LogP contribution in [0.5, 0.6) is 0 Å². The van der Waals surface area contributed by atoms with Gasteiger partial charge in [-0.25, -0.2) is 0 Å². The van der Waals surface area contributed by atoms with Crippen LogP contribution in [0.4, 0.5) is 5.69 Å². The lowest BCUT2D eigenvalue weighted by Crippen LogP contribution is -2.50. The molecular weight excluding hydrogens is 240 g/mol. The van der Waals surface area contributed by atoms with Crippen molar-refractivity contribution in [1.29, 1.82) is 0 Å². The molecule has 4 heteroatoms. The number of para-hydroxylation sites is 1. The topological polar surface area (TPSA) is 52.6 Å². The number of nitrogens with zero attached hydrogens (tertiary/aromatic N) is 1. The van der Waals surface area contributed by atoms with Gasteiger partial charge in [0.05, 0.1) is 0 Å². The fraction of sp³-hybridized carbons (Fsp3) is 0.533. The number of nitrogens with one attached hydrogen (secondary N) is 1. The number of likely N-dealkylation sites (tertiary alicyclic amines) is 1. The molecule has 0 radical (unpaired) electrons. The number of carbonyl (C=O) groups is 1. The smallest absolute Gasteiger partial charge is 0.320 e. The Morgan fingerprint density at radius 3 is 2.68 bits per heavy atom. The van der Waals surface area contributed by atoms with Crippen LogP contribution in [-0.4, -0.2) is 41.1 Å². The Morgan fingerprint density at radius 2 is 2.11 bits per heavy atom. The first kappa shape index (κ1) is 13.9. The molecule has 1 aliphatic rings. The molecule has 0 saturated carbocycles. The molecule has 4 nitrogen and oxygen atoms in total. The molecule has 0 spiro atoms. The van der Waals surface area contributed by atoms with Crippen LogP contribution in [0.3, 0.4) is 0 Å². The number of carboxylic acids is 1. The van der Waals surface area contributed by atoms with Gasteiger partial charge in [-0.3, -0.25) is 9.69 Å². The second kappa shape index (κ2) is 6.06. The zero-order valence-electron chi connectivity index (χ0n) is 11.5. The van der Waals surface area contributed by atoms with Crippen molar-refractivity contribution in [1.82, 2.24) is 4.90 Å². The summed E-state index contributed by atoms with van der Waals surface area (Å²) in [5, 5.41) is 12.6. The zero-order valence-corrected chi connectivity index (χ0v) is 11.5. The third kappa shape index (κ3) is 3.47. The van der Waals surface area contributed by atoms with E-state index in [-0.39, 0.29) is 6.04 Å². The van der Waals surface area contributed by atoms with Crippen molar-refractivity contribution in [2.75, 3.05) is 18.4 Å². The molecule has 1 aliphatic heterocycles. The van der Waals surface area contributed by atoms with E-state index in [1.54, 1.807) is 6.92 Å². The van der Waals surface area contributed by atoms with Crippen LogP contribution in [0.2, 0.25) is 0 Å². The third-order valence-corrected chi connectivity index (χ3v) is 3.97. The van der Waals surface area contributed by atoms with E-state index in [2.05, 4.69) is 29.3 Å². The molecule has 0 aromatic heterocycles. The zero-order chi connectivity index (χ0) is 13.8. The summed E-state index contributed by atoms with van der Waals surface area (Å²) in [5.41, 5.74) is 1.14. The van der Waals surface area contributed by atoms with E-state index in [4.69, 9.17) is 5.11 Å². The molecule has 3 unspecified atom stereocenters. The molecule has 1 fully saturated rings. The average molecular weight is 262 g/mol. The SMILES string of the molecule is CC1CN(C(C)C(=O)O)CCC1Nc1ccccc1. The molecule has 0 bridgehead atoms. The Kier molecular flexibility index (Phi) is 4.43. The highest BCUT2D eigenvalue weighted by Gasteiger charge is 2.30. The average Bonchev–Trinajstić information content (AvgIpc) is 2.41. The van der Waals surface area contributed by atoms with Crippen LogP contribution >= 0.6 is 0 Å². The Hall–Kier alpha value is -1.55. The minimum atomic E-state index is -0.735. The van der Waals surface area contributed by atoms with Gasteiger partial charge in [0.2, 0.25) is 0 Å². The molecule has 1 aromatic carbocycles. The van der Waals surface area contributed by atoms with Gasteiger partial charge in [-0.2, -0.15) is 0 Å². The first-order chi connectivity index (χ1) is 9.08. The number of benzene rings is 1. The third-order valence-electron chi connectivity index (χ3n) is 3.97. The number of rotatable bonds is 4. The summed E-state index contributed by atoms with van der Waals surface area (Å²) in [4.78, 5) is 13.1. The summed E-state index contributed by atoms with van der Waals surface area (Å²) in [5.74, 6) is -0.294. The van der Waals surface area contributed by atoms with Gasteiger partial charge in [0.1, 0.15) is 6.04 Å². The predicted octanol–water partition coefficient (Wildman–Crippen LogP) is 2.28. The van der Waals surface area contributed by atoms with E-state index in [1.165, 1.54) is 0 Å². The number of carboxylic acid groups (broad SMARTS) is 1. The van der Waals surface area contributed by atoms with Crippen LogP contribution in [-0.2, 0) is 4.79 Å². The molecule has 2 rings (SSSR count). The Morgan fingerprint density at radius 1 is 1.42 bits per heavy atom. The first-order valence-electron chi connectivity index (χ1n) is 6.86. The number of anilines is 1. The maximum Gasteiger partial charge on any atom is 0.320 e. The lowest BCUT2D eigenvalue weighted by atomic mass is 9.92. The second-order valence-electron chi connectivity index (χ2n) is 5.39. The molecule has 19 heavy (non-hydrogen) atoms. The second-order valence-corrected chi connectivity index (χ2v) is 5.39. The summed E-state index contributed by atoms with van der Waals surface area (Å²) in [7, 11) is 0. The van der Waals surface area contributed by atoms with Crippen LogP contribution in [0.25, 0.3) is 0 Å². The summed E-state index contributed by atoms with van der Waals surface area (Å²) in [6, 6.07) is 10.2. The number of hydrogen-bond donors (Lipinski definition) is 2. The van der Waals surface area contributed by atoms with Crippen LogP contribution in [0.15, 0.2) is 30.3 Å². The molecule has 2 N–H and O–H groups in total. The normalized spacial score (nSPS) is 25.8. The maximum atomic E-state index is 11.0. The number of aliphatic carboxylic acids is 1. The largest absolute Gasteiger partial charge is 0.480 e. The number of piperidine rings is 1. The van der Waals surface area contributed by atoms with E-state index < -0.39 is 5.97 Å². The van der Waals surface area contributed by atoms with Gasteiger partial charge in [0.15, 0.2) is 0 Å². The summed E-state index contributed by atoms with van der Waals surface area (Å²) < 4.78 is 0. The van der Waals surface area contributed by atoms with Crippen molar-refractivity contribution in [3.8, 4) is 0 Å². The number of hydrogen-bond acceptors (Lipinski definition) is 3. The van der Waals surface area contributed by atoms with Crippen molar-refractivity contribution in [2.24, 2.45) is 5.92 Å². The highest BCUT2D eigenvalue weighted by molar-refractivity contribution is 5.72. The molecule has 1 heterocycles. The maximum absolute atomic E-state index is 11.0. The van der Waals surface area contributed by atoms with Gasteiger partial charge in [-0.05, 0) is 31.4 Å². The highest BCUT2D eigenvalue weighted by atomic mass is 16.4. The lowest BCUT2D eigenvalue weighted by molar-refractivity contribution is -0.143. The Balaban J connectivity index is 1.92. The quantitative estimate of drug-likeness (QED) is 0.874. The van der Waals surface area contributed by atoms with Gasteiger partial charge in [0.25, 0.3) is 0 Å². The predicted molar refractivity (Wildman–Crippen MR) is 76.3 cm³/mol. The van der Waals surface area contributed by atoms with Gasteiger partial charge in [0, 0.05) is 24.8 Å². The minimum absolute atomic E-state index is 0.389. The van der Waals surface area contributed by atoms with Crippen molar-refractivity contribution in [3.05, 3.63) is 30.3 Å². The lowest BCUT2D eigenvalue weighted by Gasteiger charge is -2.39. The molecular formula is C15H22N2O2. The highest BCUT2D eigenvalue weighted by Crippen LogP contribution is 2.22. The standard InChI is InChI=1S/C15H22N2O2/c1-11-10-17(12(2)15(18)19)9-8-14(11)16-13-6-4-3-5-7-13/h3-7,11-12,14,16H,8-10H2,1-2H3,(H,18,19). The Bertz CT molecular complexity index is 421. The summed E-state index contributed by atoms with van der Waals surface area (Å²) >= 11 is 0. The van der Waals surface area contributed by atoms with E-state index in [9.17, 15) is 4.79 Å². The van der Waals surface area contributed by atoms with E-state index in [0.29, 0.717) is 12.0 Å². The fourth-order valence-corrected chi connectivity index (χ4v) is 2.65. The van der Waals surface area contributed by atoms with Gasteiger partial charge < -0.3 is 10.4 Å². The molecule has 3 atom stereocenters. The molecule has 0 aliphatic carbocycles. The van der Waals surface area contributed by atoms with Gasteiger partial charge >= 0.3 is 5.97 Å². The molecule has 1 aromatic rings. The van der Waals surface area contributed by atoms with Crippen molar-refractivity contribution < 1.29 is 9.90 Å². The Labute approximate surface area is 114 Å². The van der Waals surface area contributed by atoms with E-state index >= 15 is 0 Å².